The standard InChI is InChI=1S/C11H7Cl2F3/c12-6-2-1-3-8-4-5-10(13)9(7-8)11(14,15)16/h4-5,7H,2,6H2. The third-order valence-electron chi connectivity index (χ3n) is 1.72. The lowest BCUT2D eigenvalue weighted by Gasteiger charge is -2.08. The Kier molecular flexibility index (Phi) is 4.52. The summed E-state index contributed by atoms with van der Waals surface area (Å²) in [5.74, 6) is 5.60. The molecule has 86 valence electrons. The zero-order valence-electron chi connectivity index (χ0n) is 8.04. The molecule has 0 unspecified atom stereocenters. The quantitative estimate of drug-likeness (QED) is 0.524. The fourth-order valence-corrected chi connectivity index (χ4v) is 1.35. The van der Waals surface area contributed by atoms with Crippen molar-refractivity contribution in [2.75, 3.05) is 5.88 Å². The maximum atomic E-state index is 12.5. The van der Waals surface area contributed by atoms with E-state index in [9.17, 15) is 13.2 Å². The van der Waals surface area contributed by atoms with E-state index in [1.807, 2.05) is 0 Å². The van der Waals surface area contributed by atoms with Crippen LogP contribution in [0, 0.1) is 11.8 Å². The van der Waals surface area contributed by atoms with Crippen LogP contribution in [0.1, 0.15) is 17.5 Å². The number of hydrogen-bond acceptors (Lipinski definition) is 0. The molecule has 0 saturated heterocycles. The predicted molar refractivity (Wildman–Crippen MR) is 58.7 cm³/mol. The summed E-state index contributed by atoms with van der Waals surface area (Å²) in [6.07, 6.45) is -4.02. The highest BCUT2D eigenvalue weighted by atomic mass is 35.5. The van der Waals surface area contributed by atoms with Crippen LogP contribution in [0.2, 0.25) is 5.02 Å². The normalized spacial score (nSPS) is 10.8. The highest BCUT2D eigenvalue weighted by Crippen LogP contribution is 2.34. The van der Waals surface area contributed by atoms with Gasteiger partial charge < -0.3 is 0 Å². The molecule has 1 aromatic rings. The SMILES string of the molecule is FC(F)(F)c1cc(C#CCCCl)ccc1Cl. The molecule has 0 heterocycles. The van der Waals surface area contributed by atoms with Gasteiger partial charge in [-0.1, -0.05) is 23.4 Å². The Morgan fingerprint density at radius 3 is 2.50 bits per heavy atom. The van der Waals surface area contributed by atoms with E-state index in [1.54, 1.807) is 0 Å². The van der Waals surface area contributed by atoms with E-state index in [1.165, 1.54) is 12.1 Å². The largest absolute Gasteiger partial charge is 0.417 e. The zero-order valence-corrected chi connectivity index (χ0v) is 9.55. The van der Waals surface area contributed by atoms with Gasteiger partial charge in [-0.05, 0) is 18.2 Å². The van der Waals surface area contributed by atoms with Crippen molar-refractivity contribution in [3.8, 4) is 11.8 Å². The second-order valence-corrected chi connectivity index (χ2v) is 3.72. The first-order chi connectivity index (χ1) is 7.45. The van der Waals surface area contributed by atoms with Crippen LogP contribution in [0.5, 0.6) is 0 Å². The Balaban J connectivity index is 3.05. The lowest BCUT2D eigenvalue weighted by atomic mass is 10.1. The maximum absolute atomic E-state index is 12.5. The molecule has 0 atom stereocenters. The smallest absolute Gasteiger partial charge is 0.166 e. The second kappa shape index (κ2) is 5.47. The van der Waals surface area contributed by atoms with Gasteiger partial charge in [-0.15, -0.1) is 11.6 Å². The number of rotatable bonds is 1. The van der Waals surface area contributed by atoms with E-state index in [2.05, 4.69) is 11.8 Å². The number of alkyl halides is 4. The molecule has 0 aliphatic heterocycles. The molecule has 1 aromatic carbocycles. The summed E-state index contributed by atoms with van der Waals surface area (Å²) in [6, 6.07) is 3.57. The topological polar surface area (TPSA) is 0 Å². The molecule has 0 nitrogen and oxygen atoms in total. The first kappa shape index (κ1) is 13.2. The summed E-state index contributed by atoms with van der Waals surface area (Å²) in [5.41, 5.74) is -0.589. The highest BCUT2D eigenvalue weighted by molar-refractivity contribution is 6.31. The first-order valence-corrected chi connectivity index (χ1v) is 5.28. The van der Waals surface area contributed by atoms with E-state index in [0.717, 1.165) is 6.07 Å². The van der Waals surface area contributed by atoms with Gasteiger partial charge in [0.2, 0.25) is 0 Å². The summed E-state index contributed by atoms with van der Waals surface area (Å²) in [6.45, 7) is 0. The van der Waals surface area contributed by atoms with E-state index >= 15 is 0 Å². The summed E-state index contributed by atoms with van der Waals surface area (Å²) in [4.78, 5) is 0. The molecule has 0 aliphatic rings. The monoisotopic (exact) mass is 266 g/mol. The summed E-state index contributed by atoms with van der Waals surface area (Å²) < 4.78 is 37.4. The van der Waals surface area contributed by atoms with Crippen molar-refractivity contribution in [1.82, 2.24) is 0 Å². The van der Waals surface area contributed by atoms with Crippen molar-refractivity contribution in [3.63, 3.8) is 0 Å². The van der Waals surface area contributed by atoms with E-state index < -0.39 is 11.7 Å². The van der Waals surface area contributed by atoms with E-state index in [4.69, 9.17) is 23.2 Å². The molecule has 0 bridgehead atoms. The van der Waals surface area contributed by atoms with Crippen LogP contribution < -0.4 is 0 Å². The van der Waals surface area contributed by atoms with E-state index in [-0.39, 0.29) is 10.6 Å². The molecule has 1 rings (SSSR count). The minimum atomic E-state index is -4.46. The first-order valence-electron chi connectivity index (χ1n) is 4.36. The van der Waals surface area contributed by atoms with Gasteiger partial charge in [0.1, 0.15) is 0 Å². The van der Waals surface area contributed by atoms with Gasteiger partial charge >= 0.3 is 6.18 Å². The molecule has 0 fully saturated rings. The molecular formula is C11H7Cl2F3. The summed E-state index contributed by atoms with van der Waals surface area (Å²) in [7, 11) is 0. The van der Waals surface area contributed by atoms with Gasteiger partial charge in [0.15, 0.2) is 0 Å². The van der Waals surface area contributed by atoms with Crippen molar-refractivity contribution in [2.45, 2.75) is 12.6 Å². The number of halogens is 5. The fraction of sp³-hybridized carbons (Fsp3) is 0.273. The molecule has 0 spiro atoms. The van der Waals surface area contributed by atoms with Crippen molar-refractivity contribution < 1.29 is 13.2 Å². The van der Waals surface area contributed by atoms with Crippen molar-refractivity contribution >= 4 is 23.2 Å². The van der Waals surface area contributed by atoms with Crippen LogP contribution in [0.4, 0.5) is 13.2 Å². The predicted octanol–water partition coefficient (Wildman–Crippen LogP) is 4.34. The zero-order chi connectivity index (χ0) is 12.2. The Bertz CT molecular complexity index is 427. The molecule has 16 heavy (non-hydrogen) atoms. The maximum Gasteiger partial charge on any atom is 0.417 e. The van der Waals surface area contributed by atoms with E-state index in [0.29, 0.717) is 12.3 Å². The lowest BCUT2D eigenvalue weighted by Crippen LogP contribution is -2.06. The van der Waals surface area contributed by atoms with Gasteiger partial charge in [-0.3, -0.25) is 0 Å². The number of hydrogen-bond donors (Lipinski definition) is 0. The Labute approximate surface area is 101 Å². The van der Waals surface area contributed by atoms with Crippen LogP contribution in [-0.2, 0) is 6.18 Å². The van der Waals surface area contributed by atoms with Crippen LogP contribution in [0.3, 0.4) is 0 Å². The third-order valence-corrected chi connectivity index (χ3v) is 2.24. The molecule has 5 heteroatoms. The van der Waals surface area contributed by atoms with Gasteiger partial charge in [-0.25, -0.2) is 0 Å². The minimum absolute atomic E-state index is 0.279. The van der Waals surface area contributed by atoms with Crippen molar-refractivity contribution in [2.24, 2.45) is 0 Å². The van der Waals surface area contributed by atoms with Crippen molar-refractivity contribution in [3.05, 3.63) is 34.3 Å². The highest BCUT2D eigenvalue weighted by Gasteiger charge is 2.33. The van der Waals surface area contributed by atoms with Crippen LogP contribution in [0.15, 0.2) is 18.2 Å². The molecule has 0 amide bonds. The summed E-state index contributed by atoms with van der Waals surface area (Å²) >= 11 is 10.8. The average molecular weight is 267 g/mol. The van der Waals surface area contributed by atoms with Gasteiger partial charge in [0, 0.05) is 17.9 Å². The minimum Gasteiger partial charge on any atom is -0.166 e. The van der Waals surface area contributed by atoms with Crippen LogP contribution in [-0.4, -0.2) is 5.88 Å². The Hall–Kier alpha value is -0.850. The summed E-state index contributed by atoms with van der Waals surface area (Å²) in [5, 5.41) is -0.324. The molecular weight excluding hydrogens is 260 g/mol. The van der Waals surface area contributed by atoms with Gasteiger partial charge in [-0.2, -0.15) is 13.2 Å². The third kappa shape index (κ3) is 3.62. The van der Waals surface area contributed by atoms with Crippen LogP contribution >= 0.6 is 23.2 Å². The molecule has 0 radical (unpaired) electrons. The molecule has 0 N–H and O–H groups in total. The fourth-order valence-electron chi connectivity index (χ4n) is 1.03. The number of benzene rings is 1. The molecule has 0 aliphatic carbocycles. The Morgan fingerprint density at radius 2 is 1.94 bits per heavy atom. The van der Waals surface area contributed by atoms with Crippen molar-refractivity contribution in [1.29, 1.82) is 0 Å². The average Bonchev–Trinajstić information content (AvgIpc) is 2.19. The van der Waals surface area contributed by atoms with Gasteiger partial charge in [0.05, 0.1) is 10.6 Å². The van der Waals surface area contributed by atoms with Gasteiger partial charge in [0.25, 0.3) is 0 Å². The molecule has 0 aromatic heterocycles. The lowest BCUT2D eigenvalue weighted by molar-refractivity contribution is -0.137. The second-order valence-electron chi connectivity index (χ2n) is 2.93. The Morgan fingerprint density at radius 1 is 1.25 bits per heavy atom. The van der Waals surface area contributed by atoms with Crippen LogP contribution in [0.25, 0.3) is 0 Å². The molecule has 0 saturated carbocycles.